The number of urea groups is 1. The van der Waals surface area contributed by atoms with E-state index in [4.69, 9.17) is 0 Å². The van der Waals surface area contributed by atoms with E-state index >= 15 is 0 Å². The van der Waals surface area contributed by atoms with Gasteiger partial charge in [0.1, 0.15) is 6.54 Å². The van der Waals surface area contributed by atoms with Gasteiger partial charge >= 0.3 is 6.03 Å². The van der Waals surface area contributed by atoms with Gasteiger partial charge in [0.15, 0.2) is 5.82 Å². The Morgan fingerprint density at radius 1 is 1.52 bits per heavy atom. The molecule has 0 bridgehead atoms. The fraction of sp³-hybridized carbons (Fsp3) is 0.714. The first-order valence-corrected chi connectivity index (χ1v) is 9.12. The average molecular weight is 348 g/mol. The summed E-state index contributed by atoms with van der Waals surface area (Å²) in [5, 5.41) is 9.37. The molecule has 9 heteroatoms. The van der Waals surface area contributed by atoms with Gasteiger partial charge in [-0.1, -0.05) is 13.3 Å². The van der Waals surface area contributed by atoms with Crippen molar-refractivity contribution in [1.82, 2.24) is 15.1 Å². The normalized spacial score (nSPS) is 22.8. The van der Waals surface area contributed by atoms with Gasteiger partial charge in [-0.2, -0.15) is 5.10 Å². The van der Waals surface area contributed by atoms with Crippen LogP contribution in [0.2, 0.25) is 0 Å². The molecule has 2 N–H and O–H groups in total. The summed E-state index contributed by atoms with van der Waals surface area (Å²) >= 11 is 0. The highest BCUT2D eigenvalue weighted by molar-refractivity contribution is 7.85. The molecule has 0 saturated heterocycles. The first kappa shape index (κ1) is 17.8. The van der Waals surface area contributed by atoms with Crippen molar-refractivity contribution in [3.05, 3.63) is 12.3 Å². The van der Waals surface area contributed by atoms with Gasteiger partial charge in [-0.05, 0) is 19.3 Å². The van der Waals surface area contributed by atoms with Gasteiger partial charge in [0, 0.05) is 40.1 Å². The first-order chi connectivity index (χ1) is 11.0. The highest BCUT2D eigenvalue weighted by atomic mass is 32.2. The molecule has 6 nitrogen and oxygen atoms in total. The topological polar surface area (TPSA) is 76.0 Å². The Morgan fingerprint density at radius 3 is 3.00 bits per heavy atom. The number of rotatable bonds is 6. The Morgan fingerprint density at radius 2 is 2.30 bits per heavy atom. The zero-order chi connectivity index (χ0) is 16.8. The van der Waals surface area contributed by atoms with Crippen LogP contribution >= 0.6 is 0 Å². The molecule has 0 aromatic carbocycles. The summed E-state index contributed by atoms with van der Waals surface area (Å²) in [6.45, 7) is 1.39. The van der Waals surface area contributed by atoms with Crippen molar-refractivity contribution < 1.29 is 17.8 Å². The van der Waals surface area contributed by atoms with Gasteiger partial charge in [0.2, 0.25) is 0 Å². The molecule has 2 amide bonds. The molecule has 0 radical (unpaired) electrons. The third kappa shape index (κ3) is 5.56. The summed E-state index contributed by atoms with van der Waals surface area (Å²) in [5.74, 6) is 0.859. The minimum atomic E-state index is -2.49. The van der Waals surface area contributed by atoms with Crippen molar-refractivity contribution in [2.45, 2.75) is 56.9 Å². The molecule has 130 valence electrons. The minimum absolute atomic E-state index is 0.0209. The summed E-state index contributed by atoms with van der Waals surface area (Å²) in [5.41, 5.74) is 0. The Labute approximate surface area is 136 Å². The van der Waals surface area contributed by atoms with Crippen LogP contribution in [0, 0.1) is 0 Å². The second-order valence-corrected chi connectivity index (χ2v) is 7.57. The smallest absolute Gasteiger partial charge is 0.320 e. The maximum absolute atomic E-state index is 12.2. The van der Waals surface area contributed by atoms with Gasteiger partial charge in [0.05, 0.1) is 0 Å². The van der Waals surface area contributed by atoms with E-state index in [1.807, 2.05) is 6.92 Å². The molecule has 0 unspecified atom stereocenters. The number of carbonyl (C=O) groups is 1. The van der Waals surface area contributed by atoms with Crippen LogP contribution in [0.15, 0.2) is 12.3 Å². The lowest BCUT2D eigenvalue weighted by atomic mass is 9.95. The predicted molar refractivity (Wildman–Crippen MR) is 85.1 cm³/mol. The fourth-order valence-electron chi connectivity index (χ4n) is 2.76. The van der Waals surface area contributed by atoms with E-state index in [-0.39, 0.29) is 17.1 Å². The van der Waals surface area contributed by atoms with Crippen molar-refractivity contribution in [2.75, 3.05) is 11.1 Å². The second-order valence-electron chi connectivity index (χ2n) is 5.57. The van der Waals surface area contributed by atoms with E-state index in [1.165, 1.54) is 12.3 Å². The SMILES string of the molecule is CC[S@](=O)[C@H]1CCC[C@@H](NC(=O)Nc2ccn(CC(F)F)n2)C1. The zero-order valence-corrected chi connectivity index (χ0v) is 13.8. The first-order valence-electron chi connectivity index (χ1n) is 7.74. The van der Waals surface area contributed by atoms with Crippen molar-refractivity contribution in [2.24, 2.45) is 0 Å². The number of hydrogen-bond donors (Lipinski definition) is 2. The van der Waals surface area contributed by atoms with Gasteiger partial charge in [0.25, 0.3) is 6.43 Å². The highest BCUT2D eigenvalue weighted by Gasteiger charge is 2.26. The number of amides is 2. The largest absolute Gasteiger partial charge is 0.335 e. The molecule has 1 saturated carbocycles. The van der Waals surface area contributed by atoms with E-state index in [9.17, 15) is 17.8 Å². The number of hydrogen-bond acceptors (Lipinski definition) is 3. The maximum Gasteiger partial charge on any atom is 0.320 e. The van der Waals surface area contributed by atoms with E-state index < -0.39 is 29.8 Å². The van der Waals surface area contributed by atoms with Crippen LogP contribution < -0.4 is 10.6 Å². The summed E-state index contributed by atoms with van der Waals surface area (Å²) in [6.07, 6.45) is 2.32. The van der Waals surface area contributed by atoms with Crippen molar-refractivity contribution in [3.63, 3.8) is 0 Å². The number of carbonyl (C=O) groups excluding carboxylic acids is 1. The molecular formula is C14H22F2N4O2S. The third-order valence-electron chi connectivity index (χ3n) is 3.82. The lowest BCUT2D eigenvalue weighted by Gasteiger charge is -2.28. The van der Waals surface area contributed by atoms with Crippen LogP contribution in [0.3, 0.4) is 0 Å². The average Bonchev–Trinajstić information content (AvgIpc) is 2.92. The second kappa shape index (κ2) is 8.37. The monoisotopic (exact) mass is 348 g/mol. The van der Waals surface area contributed by atoms with Crippen LogP contribution in [0.5, 0.6) is 0 Å². The Bertz CT molecular complexity index is 553. The quantitative estimate of drug-likeness (QED) is 0.828. The van der Waals surface area contributed by atoms with Gasteiger partial charge < -0.3 is 5.32 Å². The molecule has 1 fully saturated rings. The third-order valence-corrected chi connectivity index (χ3v) is 5.57. The molecule has 3 atom stereocenters. The van der Waals surface area contributed by atoms with Crippen molar-refractivity contribution >= 4 is 22.6 Å². The van der Waals surface area contributed by atoms with Crippen molar-refractivity contribution in [1.29, 1.82) is 0 Å². The van der Waals surface area contributed by atoms with Crippen LogP contribution in [0.1, 0.15) is 32.6 Å². The number of nitrogens with one attached hydrogen (secondary N) is 2. The number of alkyl halides is 2. The maximum atomic E-state index is 12.2. The summed E-state index contributed by atoms with van der Waals surface area (Å²) in [6, 6.07) is 1.03. The van der Waals surface area contributed by atoms with Crippen LogP contribution in [0.4, 0.5) is 19.4 Å². The number of nitrogens with zero attached hydrogens (tertiary/aromatic N) is 2. The molecule has 0 spiro atoms. The fourth-order valence-corrected chi connectivity index (χ4v) is 4.11. The predicted octanol–water partition coefficient (Wildman–Crippen LogP) is 2.35. The molecule has 1 aromatic heterocycles. The number of halogens is 2. The molecule has 0 aliphatic heterocycles. The Hall–Kier alpha value is -1.51. The summed E-state index contributed by atoms with van der Waals surface area (Å²) in [7, 11) is -0.848. The molecular weight excluding hydrogens is 326 g/mol. The van der Waals surface area contributed by atoms with Crippen LogP contribution in [-0.2, 0) is 17.3 Å². The highest BCUT2D eigenvalue weighted by Crippen LogP contribution is 2.23. The Kier molecular flexibility index (Phi) is 6.49. The zero-order valence-electron chi connectivity index (χ0n) is 13.0. The standard InChI is InChI=1S/C14H22F2N4O2S/c1-2-23(22)11-5-3-4-10(8-11)17-14(21)18-13-6-7-20(19-13)9-12(15)16/h6-7,10-12H,2-5,8-9H2,1H3,(H2,17,18,19,21)/t10-,11+,23+/m1/s1. The van der Waals surface area contributed by atoms with Crippen molar-refractivity contribution in [3.8, 4) is 0 Å². The van der Waals surface area contributed by atoms with Gasteiger partial charge in [-0.25, -0.2) is 13.6 Å². The summed E-state index contributed by atoms with van der Waals surface area (Å²) in [4.78, 5) is 12.0. The van der Waals surface area contributed by atoms with Crippen LogP contribution in [-0.4, -0.2) is 43.5 Å². The number of aromatic nitrogens is 2. The van der Waals surface area contributed by atoms with E-state index in [0.717, 1.165) is 23.9 Å². The van der Waals surface area contributed by atoms with E-state index in [1.54, 1.807) is 0 Å². The summed E-state index contributed by atoms with van der Waals surface area (Å²) < 4.78 is 37.5. The lowest BCUT2D eigenvalue weighted by molar-refractivity contribution is 0.122. The van der Waals surface area contributed by atoms with E-state index in [0.29, 0.717) is 12.2 Å². The van der Waals surface area contributed by atoms with E-state index in [2.05, 4.69) is 15.7 Å². The molecule has 23 heavy (non-hydrogen) atoms. The minimum Gasteiger partial charge on any atom is -0.335 e. The lowest BCUT2D eigenvalue weighted by Crippen LogP contribution is -2.43. The molecule has 1 aliphatic rings. The van der Waals surface area contributed by atoms with Gasteiger partial charge in [-0.15, -0.1) is 0 Å². The van der Waals surface area contributed by atoms with Gasteiger partial charge in [-0.3, -0.25) is 14.2 Å². The molecule has 1 aliphatic carbocycles. The molecule has 1 heterocycles. The number of anilines is 1. The Balaban J connectivity index is 1.82. The molecule has 1 aromatic rings. The van der Waals surface area contributed by atoms with Crippen LogP contribution in [0.25, 0.3) is 0 Å². The molecule has 2 rings (SSSR count).